The summed E-state index contributed by atoms with van der Waals surface area (Å²) in [5, 5.41) is 1.11. The Balaban J connectivity index is 2.15. The number of ether oxygens (including phenoxy) is 1. The van der Waals surface area contributed by atoms with Crippen LogP contribution in [0.25, 0.3) is 0 Å². The maximum atomic E-state index is 11.6. The Bertz CT molecular complexity index is 200. The number of hydrogen-bond donors (Lipinski definition) is 0. The Morgan fingerprint density at radius 3 is 2.38 bits per heavy atom. The average molecular weight is 199 g/mol. The summed E-state index contributed by atoms with van der Waals surface area (Å²) in [5.41, 5.74) is 0. The molecule has 1 rings (SSSR count). The smallest absolute Gasteiger partial charge is 0.368 e. The lowest BCUT2D eigenvalue weighted by Gasteiger charge is -2.36. The van der Waals surface area contributed by atoms with Crippen molar-refractivity contribution in [2.24, 2.45) is 0 Å². The number of nitrogens with zero attached hydrogens (tertiary/aromatic N) is 1. The van der Waals surface area contributed by atoms with E-state index in [1.807, 2.05) is 0 Å². The summed E-state index contributed by atoms with van der Waals surface area (Å²) in [4.78, 5) is 14.8. The van der Waals surface area contributed by atoms with E-state index in [9.17, 15) is 18.0 Å². The lowest BCUT2D eigenvalue weighted by molar-refractivity contribution is -0.369. The highest BCUT2D eigenvalue weighted by molar-refractivity contribution is 5.65. The molecular weight excluding hydrogens is 191 g/mol. The van der Waals surface area contributed by atoms with E-state index in [1.165, 1.54) is 6.92 Å². The molecule has 0 atom stereocenters. The zero-order valence-electron chi connectivity index (χ0n) is 6.80. The summed E-state index contributed by atoms with van der Waals surface area (Å²) in [6.45, 7) is 1.09. The van der Waals surface area contributed by atoms with Crippen LogP contribution in [0.4, 0.5) is 13.2 Å². The highest BCUT2D eigenvalue weighted by Gasteiger charge is 2.40. The van der Waals surface area contributed by atoms with E-state index >= 15 is 0 Å². The number of hydroxylamine groups is 2. The van der Waals surface area contributed by atoms with Gasteiger partial charge in [-0.15, -0.1) is 18.2 Å². The molecule has 0 aliphatic carbocycles. The van der Waals surface area contributed by atoms with Gasteiger partial charge in [-0.25, -0.2) is 0 Å². The molecule has 76 valence electrons. The summed E-state index contributed by atoms with van der Waals surface area (Å²) < 4.78 is 38.4. The first-order valence-corrected chi connectivity index (χ1v) is 3.55. The summed E-state index contributed by atoms with van der Waals surface area (Å²) in [6.07, 6.45) is -5.55. The minimum absolute atomic E-state index is 0.0426. The first-order valence-electron chi connectivity index (χ1n) is 3.55. The summed E-state index contributed by atoms with van der Waals surface area (Å²) in [6, 6.07) is 0. The second-order valence-corrected chi connectivity index (χ2v) is 2.62. The molecule has 1 saturated heterocycles. The van der Waals surface area contributed by atoms with Gasteiger partial charge in [0.2, 0.25) is 0 Å². The van der Waals surface area contributed by atoms with Crippen molar-refractivity contribution >= 4 is 5.97 Å². The van der Waals surface area contributed by atoms with Crippen molar-refractivity contribution in [1.29, 1.82) is 0 Å². The van der Waals surface area contributed by atoms with Crippen LogP contribution in [0.5, 0.6) is 0 Å². The van der Waals surface area contributed by atoms with Crippen molar-refractivity contribution < 1.29 is 27.5 Å². The van der Waals surface area contributed by atoms with Crippen LogP contribution in [0.1, 0.15) is 6.92 Å². The lowest BCUT2D eigenvalue weighted by atomic mass is 10.2. The van der Waals surface area contributed by atoms with Gasteiger partial charge in [-0.3, -0.25) is 9.53 Å². The number of carbonyl (C=O) groups excluding carboxylic acids is 1. The van der Waals surface area contributed by atoms with Crippen LogP contribution in [0, 0.1) is 0 Å². The summed E-state index contributed by atoms with van der Waals surface area (Å²) >= 11 is 0. The van der Waals surface area contributed by atoms with E-state index in [4.69, 9.17) is 0 Å². The van der Waals surface area contributed by atoms with Gasteiger partial charge in [0, 0.05) is 6.92 Å². The Morgan fingerprint density at radius 1 is 1.46 bits per heavy atom. The predicted molar refractivity (Wildman–Crippen MR) is 34.3 cm³/mol. The number of rotatable bonds is 2. The average Bonchev–Trinajstić information content (AvgIpc) is 1.78. The maximum Gasteiger partial charge on any atom is 0.522 e. The molecule has 0 amide bonds. The number of carbonyl (C=O) groups is 1. The van der Waals surface area contributed by atoms with Crippen LogP contribution in [0.15, 0.2) is 0 Å². The van der Waals surface area contributed by atoms with Crippen molar-refractivity contribution in [3.63, 3.8) is 0 Å². The molecule has 0 saturated carbocycles. The number of hydrogen-bond acceptors (Lipinski definition) is 4. The fourth-order valence-electron chi connectivity index (χ4n) is 0.921. The van der Waals surface area contributed by atoms with Crippen LogP contribution in [0.2, 0.25) is 0 Å². The van der Waals surface area contributed by atoms with E-state index < -0.39 is 18.4 Å². The molecule has 0 aromatic heterocycles. The summed E-state index contributed by atoms with van der Waals surface area (Å²) in [7, 11) is 0. The van der Waals surface area contributed by atoms with Crippen molar-refractivity contribution in [1.82, 2.24) is 5.06 Å². The van der Waals surface area contributed by atoms with Crippen LogP contribution < -0.4 is 0 Å². The third-order valence-corrected chi connectivity index (χ3v) is 1.37. The SMILES string of the molecule is CC(=O)ON1CC(OC(F)(F)F)C1. The quantitative estimate of drug-likeness (QED) is 0.655. The zero-order chi connectivity index (χ0) is 10.1. The van der Waals surface area contributed by atoms with Gasteiger partial charge in [0.1, 0.15) is 0 Å². The van der Waals surface area contributed by atoms with E-state index in [-0.39, 0.29) is 13.1 Å². The highest BCUT2D eigenvalue weighted by atomic mass is 19.4. The third kappa shape index (κ3) is 3.60. The van der Waals surface area contributed by atoms with Gasteiger partial charge in [0.05, 0.1) is 19.2 Å². The molecule has 1 aliphatic heterocycles. The molecule has 0 aromatic rings. The Hall–Kier alpha value is -0.820. The van der Waals surface area contributed by atoms with Crippen LogP contribution in [-0.2, 0) is 14.4 Å². The van der Waals surface area contributed by atoms with E-state index in [0.717, 1.165) is 5.06 Å². The fraction of sp³-hybridized carbons (Fsp3) is 0.833. The minimum atomic E-state index is -4.62. The normalized spacial score (nSPS) is 19.7. The maximum absolute atomic E-state index is 11.6. The standard InChI is InChI=1S/C6H8F3NO3/c1-4(11)13-10-2-5(3-10)12-6(7,8)9/h5H,2-3H2,1H3. The zero-order valence-corrected chi connectivity index (χ0v) is 6.80. The molecule has 4 nitrogen and oxygen atoms in total. The number of alkyl halides is 3. The predicted octanol–water partition coefficient (Wildman–Crippen LogP) is 0.685. The molecule has 13 heavy (non-hydrogen) atoms. The van der Waals surface area contributed by atoms with Gasteiger partial charge in [0.25, 0.3) is 0 Å². The van der Waals surface area contributed by atoms with Gasteiger partial charge in [0.15, 0.2) is 0 Å². The van der Waals surface area contributed by atoms with E-state index in [2.05, 4.69) is 9.57 Å². The molecular formula is C6H8F3NO3. The van der Waals surface area contributed by atoms with Crippen molar-refractivity contribution in [3.05, 3.63) is 0 Å². The molecule has 1 fully saturated rings. The Labute approximate surface area is 72.2 Å². The van der Waals surface area contributed by atoms with Gasteiger partial charge in [-0.05, 0) is 0 Å². The van der Waals surface area contributed by atoms with Gasteiger partial charge in [-0.1, -0.05) is 0 Å². The van der Waals surface area contributed by atoms with Gasteiger partial charge < -0.3 is 4.84 Å². The highest BCUT2D eigenvalue weighted by Crippen LogP contribution is 2.23. The largest absolute Gasteiger partial charge is 0.522 e. The van der Waals surface area contributed by atoms with Crippen LogP contribution in [-0.4, -0.2) is 36.6 Å². The summed E-state index contributed by atoms with van der Waals surface area (Å²) in [5.74, 6) is -0.551. The first kappa shape index (κ1) is 10.3. The molecule has 1 heterocycles. The Kier molecular flexibility index (Phi) is 2.77. The first-order chi connectivity index (χ1) is 5.87. The second-order valence-electron chi connectivity index (χ2n) is 2.62. The molecule has 0 bridgehead atoms. The molecule has 0 spiro atoms. The Morgan fingerprint density at radius 2 is 2.00 bits per heavy atom. The number of halogens is 3. The molecule has 0 N–H and O–H groups in total. The van der Waals surface area contributed by atoms with Crippen molar-refractivity contribution in [2.45, 2.75) is 19.4 Å². The second kappa shape index (κ2) is 3.51. The van der Waals surface area contributed by atoms with Crippen molar-refractivity contribution in [2.75, 3.05) is 13.1 Å². The fourth-order valence-corrected chi connectivity index (χ4v) is 0.921. The molecule has 0 unspecified atom stereocenters. The third-order valence-electron chi connectivity index (χ3n) is 1.37. The molecule has 0 aromatic carbocycles. The van der Waals surface area contributed by atoms with Crippen molar-refractivity contribution in [3.8, 4) is 0 Å². The topological polar surface area (TPSA) is 38.8 Å². The van der Waals surface area contributed by atoms with E-state index in [0.29, 0.717) is 0 Å². The van der Waals surface area contributed by atoms with Crippen LogP contribution >= 0.6 is 0 Å². The minimum Gasteiger partial charge on any atom is -0.368 e. The van der Waals surface area contributed by atoms with E-state index in [1.54, 1.807) is 0 Å². The molecule has 0 radical (unpaired) electrons. The van der Waals surface area contributed by atoms with Crippen LogP contribution in [0.3, 0.4) is 0 Å². The monoisotopic (exact) mass is 199 g/mol. The lowest BCUT2D eigenvalue weighted by Crippen LogP contribution is -2.54. The molecule has 7 heteroatoms. The molecule has 1 aliphatic rings. The van der Waals surface area contributed by atoms with Gasteiger partial charge in [-0.2, -0.15) is 0 Å². The van der Waals surface area contributed by atoms with Gasteiger partial charge >= 0.3 is 12.3 Å².